The molecule has 1 aromatic heterocycles. The van der Waals surface area contributed by atoms with Crippen LogP contribution in [0, 0.1) is 13.8 Å². The average Bonchev–Trinajstić information content (AvgIpc) is 2.96. The van der Waals surface area contributed by atoms with E-state index in [0.29, 0.717) is 11.4 Å². The Balaban J connectivity index is 1.78. The number of amides is 2. The van der Waals surface area contributed by atoms with Crippen molar-refractivity contribution in [2.45, 2.75) is 25.8 Å². The lowest BCUT2D eigenvalue weighted by Gasteiger charge is -2.32. The number of aromatic nitrogens is 2. The maximum atomic E-state index is 13.0. The van der Waals surface area contributed by atoms with Crippen LogP contribution in [0.4, 0.5) is 5.82 Å². The molecule has 0 spiro atoms. The molecule has 2 atom stereocenters. The largest absolute Gasteiger partial charge is 0.339 e. The van der Waals surface area contributed by atoms with E-state index in [2.05, 4.69) is 31.7 Å². The van der Waals surface area contributed by atoms with Crippen LogP contribution in [-0.2, 0) is 11.8 Å². The van der Waals surface area contributed by atoms with E-state index in [1.165, 1.54) is 0 Å². The summed E-state index contributed by atoms with van der Waals surface area (Å²) in [7, 11) is 1.80. The number of carbonyl (C=O) groups is 2. The SMILES string of the molecule is Cc1cccc(C(=O)N[C@H]2C(=O)Nc3c(c(C)nn3C)[C@@H]2c2ccc(Br)cc2)c1. The van der Waals surface area contributed by atoms with Crippen molar-refractivity contribution in [1.29, 1.82) is 0 Å². The second-order valence-corrected chi connectivity index (χ2v) is 8.23. The highest BCUT2D eigenvalue weighted by molar-refractivity contribution is 9.10. The first-order valence-corrected chi connectivity index (χ1v) is 10.1. The molecule has 0 radical (unpaired) electrons. The number of halogens is 1. The van der Waals surface area contributed by atoms with Crippen LogP contribution in [0.5, 0.6) is 0 Å². The predicted octanol–water partition coefficient (Wildman–Crippen LogP) is 3.68. The van der Waals surface area contributed by atoms with Crippen molar-refractivity contribution >= 4 is 33.6 Å². The van der Waals surface area contributed by atoms with Gasteiger partial charge in [-0.15, -0.1) is 0 Å². The standard InChI is InChI=1S/C22H21BrN4O2/c1-12-5-4-6-15(11-12)21(28)24-19-18(14-7-9-16(23)10-8-14)17-13(2)26-27(3)20(17)25-22(19)29/h4-11,18-19H,1-3H3,(H,24,28)(H,25,29)/t18-,19+/m0/s1. The second kappa shape index (κ2) is 7.48. The van der Waals surface area contributed by atoms with Gasteiger partial charge in [0, 0.05) is 28.6 Å². The van der Waals surface area contributed by atoms with Crippen molar-refractivity contribution in [2.24, 2.45) is 7.05 Å². The first-order valence-electron chi connectivity index (χ1n) is 9.32. The fraction of sp³-hybridized carbons (Fsp3) is 0.227. The third-order valence-corrected chi connectivity index (χ3v) is 5.76. The van der Waals surface area contributed by atoms with E-state index in [0.717, 1.165) is 26.9 Å². The number of hydrogen-bond donors (Lipinski definition) is 2. The van der Waals surface area contributed by atoms with Crippen LogP contribution in [0.3, 0.4) is 0 Å². The van der Waals surface area contributed by atoms with Gasteiger partial charge in [0.05, 0.1) is 5.69 Å². The van der Waals surface area contributed by atoms with Gasteiger partial charge in [-0.1, -0.05) is 45.8 Å². The molecule has 1 aliphatic heterocycles. The summed E-state index contributed by atoms with van der Waals surface area (Å²) < 4.78 is 2.62. The molecule has 1 aliphatic rings. The summed E-state index contributed by atoms with van der Waals surface area (Å²) in [4.78, 5) is 26.0. The van der Waals surface area contributed by atoms with E-state index in [9.17, 15) is 9.59 Å². The summed E-state index contributed by atoms with van der Waals surface area (Å²) in [5.41, 5.74) is 4.20. The topological polar surface area (TPSA) is 76.0 Å². The van der Waals surface area contributed by atoms with E-state index in [-0.39, 0.29) is 17.7 Å². The molecular formula is C22H21BrN4O2. The summed E-state index contributed by atoms with van der Waals surface area (Å²) in [6.07, 6.45) is 0. The number of carbonyl (C=O) groups excluding carboxylic acids is 2. The van der Waals surface area contributed by atoms with Crippen molar-refractivity contribution in [3.8, 4) is 0 Å². The number of anilines is 1. The zero-order valence-electron chi connectivity index (χ0n) is 16.4. The van der Waals surface area contributed by atoms with Crippen LogP contribution < -0.4 is 10.6 Å². The number of rotatable bonds is 3. The minimum atomic E-state index is -0.750. The molecule has 0 saturated heterocycles. The maximum Gasteiger partial charge on any atom is 0.251 e. The Labute approximate surface area is 177 Å². The monoisotopic (exact) mass is 452 g/mol. The van der Waals surface area contributed by atoms with Gasteiger partial charge in [-0.3, -0.25) is 14.3 Å². The zero-order valence-corrected chi connectivity index (χ0v) is 17.9. The molecule has 3 aromatic rings. The van der Waals surface area contributed by atoms with Gasteiger partial charge in [0.25, 0.3) is 5.91 Å². The van der Waals surface area contributed by atoms with Crippen LogP contribution in [0.25, 0.3) is 0 Å². The molecule has 0 bridgehead atoms. The number of aryl methyl sites for hydroxylation is 3. The number of benzene rings is 2. The summed E-state index contributed by atoms with van der Waals surface area (Å²) >= 11 is 3.46. The van der Waals surface area contributed by atoms with Crippen LogP contribution in [-0.4, -0.2) is 27.6 Å². The van der Waals surface area contributed by atoms with Crippen LogP contribution >= 0.6 is 15.9 Å². The number of hydrogen-bond acceptors (Lipinski definition) is 3. The first kappa shape index (κ1) is 19.4. The Morgan fingerprint density at radius 1 is 1.17 bits per heavy atom. The number of fused-ring (bicyclic) bond motifs is 1. The minimum absolute atomic E-state index is 0.255. The average molecular weight is 453 g/mol. The summed E-state index contributed by atoms with van der Waals surface area (Å²) in [5, 5.41) is 10.4. The molecule has 2 aromatic carbocycles. The Morgan fingerprint density at radius 2 is 1.90 bits per heavy atom. The normalized spacial score (nSPS) is 18.1. The van der Waals surface area contributed by atoms with Gasteiger partial charge in [0.2, 0.25) is 5.91 Å². The molecule has 0 unspecified atom stereocenters. The van der Waals surface area contributed by atoms with Gasteiger partial charge in [-0.2, -0.15) is 5.10 Å². The molecule has 0 fully saturated rings. The second-order valence-electron chi connectivity index (χ2n) is 7.31. The van der Waals surface area contributed by atoms with Crippen molar-refractivity contribution in [2.75, 3.05) is 5.32 Å². The summed E-state index contributed by atoms with van der Waals surface area (Å²) in [5.74, 6) is -0.203. The van der Waals surface area contributed by atoms with E-state index in [4.69, 9.17) is 0 Å². The highest BCUT2D eigenvalue weighted by Gasteiger charge is 2.41. The van der Waals surface area contributed by atoms with Crippen molar-refractivity contribution in [3.05, 3.63) is 81.0 Å². The quantitative estimate of drug-likeness (QED) is 0.636. The molecule has 0 saturated carbocycles. The lowest BCUT2D eigenvalue weighted by atomic mass is 9.82. The smallest absolute Gasteiger partial charge is 0.251 e. The molecule has 2 N–H and O–H groups in total. The third kappa shape index (κ3) is 3.58. The molecule has 29 heavy (non-hydrogen) atoms. The summed E-state index contributed by atoms with van der Waals surface area (Å²) in [6.45, 7) is 3.85. The fourth-order valence-corrected chi connectivity index (χ4v) is 4.16. The van der Waals surface area contributed by atoms with Crippen LogP contribution in [0.15, 0.2) is 53.0 Å². The van der Waals surface area contributed by atoms with Gasteiger partial charge in [-0.05, 0) is 43.7 Å². The first-order chi connectivity index (χ1) is 13.8. The van der Waals surface area contributed by atoms with Crippen molar-refractivity contribution < 1.29 is 9.59 Å². The van der Waals surface area contributed by atoms with E-state index >= 15 is 0 Å². The zero-order chi connectivity index (χ0) is 20.7. The van der Waals surface area contributed by atoms with Crippen LogP contribution in [0.2, 0.25) is 0 Å². The Hall–Kier alpha value is -2.93. The maximum absolute atomic E-state index is 13.0. The molecular weight excluding hydrogens is 432 g/mol. The molecule has 4 rings (SSSR count). The highest BCUT2D eigenvalue weighted by Crippen LogP contribution is 2.39. The minimum Gasteiger partial charge on any atom is -0.339 e. The van der Waals surface area contributed by atoms with Gasteiger partial charge in [0.1, 0.15) is 11.9 Å². The highest BCUT2D eigenvalue weighted by atomic mass is 79.9. The van der Waals surface area contributed by atoms with Crippen LogP contribution in [0.1, 0.15) is 38.7 Å². The summed E-state index contributed by atoms with van der Waals surface area (Å²) in [6, 6.07) is 14.4. The van der Waals surface area contributed by atoms with E-state index in [1.807, 2.05) is 56.3 Å². The third-order valence-electron chi connectivity index (χ3n) is 5.23. The van der Waals surface area contributed by atoms with Gasteiger partial charge in [-0.25, -0.2) is 0 Å². The van der Waals surface area contributed by atoms with Crippen molar-refractivity contribution in [1.82, 2.24) is 15.1 Å². The Morgan fingerprint density at radius 3 is 2.59 bits per heavy atom. The molecule has 6 nitrogen and oxygen atoms in total. The lowest BCUT2D eigenvalue weighted by molar-refractivity contribution is -0.118. The van der Waals surface area contributed by atoms with Gasteiger partial charge >= 0.3 is 0 Å². The molecule has 0 aliphatic carbocycles. The number of nitrogens with zero attached hydrogens (tertiary/aromatic N) is 2. The fourth-order valence-electron chi connectivity index (χ4n) is 3.90. The molecule has 2 heterocycles. The van der Waals surface area contributed by atoms with Crippen molar-refractivity contribution in [3.63, 3.8) is 0 Å². The molecule has 148 valence electrons. The van der Waals surface area contributed by atoms with Gasteiger partial charge < -0.3 is 10.6 Å². The molecule has 7 heteroatoms. The predicted molar refractivity (Wildman–Crippen MR) is 115 cm³/mol. The Kier molecular flexibility index (Phi) is 5.00. The Bertz CT molecular complexity index is 1100. The van der Waals surface area contributed by atoms with E-state index in [1.54, 1.807) is 17.8 Å². The lowest BCUT2D eigenvalue weighted by Crippen LogP contribution is -2.50. The molecule has 2 amide bonds. The number of nitrogens with one attached hydrogen (secondary N) is 2. The van der Waals surface area contributed by atoms with E-state index < -0.39 is 6.04 Å². The van der Waals surface area contributed by atoms with Gasteiger partial charge in [0.15, 0.2) is 0 Å².